The first-order valence-electron chi connectivity index (χ1n) is 5.09. The lowest BCUT2D eigenvalue weighted by Crippen LogP contribution is -2.20. The van der Waals surface area contributed by atoms with Gasteiger partial charge < -0.3 is 4.90 Å². The summed E-state index contributed by atoms with van der Waals surface area (Å²) >= 11 is 0. The van der Waals surface area contributed by atoms with Crippen molar-refractivity contribution < 1.29 is 0 Å². The molecule has 0 fully saturated rings. The van der Waals surface area contributed by atoms with Crippen LogP contribution >= 0.6 is 0 Å². The molecule has 0 N–H and O–H groups in total. The van der Waals surface area contributed by atoms with E-state index in [4.69, 9.17) is 0 Å². The molecule has 0 aliphatic carbocycles. The van der Waals surface area contributed by atoms with Gasteiger partial charge in [0.05, 0.1) is 0 Å². The molecule has 0 radical (unpaired) electrons. The van der Waals surface area contributed by atoms with E-state index in [0.717, 1.165) is 18.1 Å². The second-order valence-corrected chi connectivity index (χ2v) is 3.52. The Morgan fingerprint density at radius 3 is 3.00 bits per heavy atom. The first-order valence-corrected chi connectivity index (χ1v) is 5.09. The van der Waals surface area contributed by atoms with Crippen LogP contribution in [0.25, 0.3) is 0 Å². The number of amidine groups is 1. The zero-order valence-electron chi connectivity index (χ0n) is 9.36. The van der Waals surface area contributed by atoms with Crippen LogP contribution in [0.3, 0.4) is 0 Å². The maximum absolute atomic E-state index is 4.43. The molecule has 15 heavy (non-hydrogen) atoms. The SMILES string of the molecule is C/C=C1\C(=NC)N(C)C2=C1CC=CC=N2. The number of aliphatic imine (C=N–C) groups is 2. The van der Waals surface area contributed by atoms with E-state index < -0.39 is 0 Å². The Bertz CT molecular complexity index is 422. The summed E-state index contributed by atoms with van der Waals surface area (Å²) in [6, 6.07) is 0. The summed E-state index contributed by atoms with van der Waals surface area (Å²) < 4.78 is 0. The summed E-state index contributed by atoms with van der Waals surface area (Å²) in [7, 11) is 3.83. The minimum Gasteiger partial charge on any atom is -0.314 e. The minimum absolute atomic E-state index is 0.929. The summed E-state index contributed by atoms with van der Waals surface area (Å²) in [5, 5.41) is 0. The van der Waals surface area contributed by atoms with Crippen LogP contribution in [0.2, 0.25) is 0 Å². The van der Waals surface area contributed by atoms with Crippen LogP contribution in [0.5, 0.6) is 0 Å². The van der Waals surface area contributed by atoms with E-state index in [-0.39, 0.29) is 0 Å². The third kappa shape index (κ3) is 1.44. The van der Waals surface area contributed by atoms with Gasteiger partial charge in [0.1, 0.15) is 11.7 Å². The molecule has 2 heterocycles. The highest BCUT2D eigenvalue weighted by atomic mass is 15.3. The van der Waals surface area contributed by atoms with Gasteiger partial charge in [0.2, 0.25) is 0 Å². The molecule has 0 spiro atoms. The maximum Gasteiger partial charge on any atom is 0.138 e. The molecule has 0 aromatic carbocycles. The van der Waals surface area contributed by atoms with Crippen molar-refractivity contribution >= 4 is 12.1 Å². The third-order valence-electron chi connectivity index (χ3n) is 2.71. The molecule has 3 nitrogen and oxygen atoms in total. The van der Waals surface area contributed by atoms with Crippen LogP contribution in [0.1, 0.15) is 13.3 Å². The number of hydrogen-bond donors (Lipinski definition) is 0. The molecule has 0 saturated carbocycles. The molecule has 2 rings (SSSR count). The van der Waals surface area contributed by atoms with E-state index in [1.165, 1.54) is 11.1 Å². The van der Waals surface area contributed by atoms with Crippen molar-refractivity contribution in [2.75, 3.05) is 14.1 Å². The molecule has 0 amide bonds. The van der Waals surface area contributed by atoms with E-state index in [1.807, 2.05) is 38.2 Å². The Morgan fingerprint density at radius 1 is 1.53 bits per heavy atom. The van der Waals surface area contributed by atoms with E-state index in [0.29, 0.717) is 0 Å². The van der Waals surface area contributed by atoms with Gasteiger partial charge in [-0.3, -0.25) is 4.99 Å². The van der Waals surface area contributed by atoms with Crippen molar-refractivity contribution in [3.63, 3.8) is 0 Å². The second-order valence-electron chi connectivity index (χ2n) is 3.52. The van der Waals surface area contributed by atoms with Crippen LogP contribution in [0, 0.1) is 0 Å². The van der Waals surface area contributed by atoms with Crippen molar-refractivity contribution in [3.05, 3.63) is 35.2 Å². The van der Waals surface area contributed by atoms with Gasteiger partial charge in [-0.2, -0.15) is 0 Å². The van der Waals surface area contributed by atoms with Crippen LogP contribution < -0.4 is 0 Å². The van der Waals surface area contributed by atoms with Gasteiger partial charge in [-0.1, -0.05) is 12.2 Å². The lowest BCUT2D eigenvalue weighted by atomic mass is 10.0. The molecular formula is C12H15N3. The first-order chi connectivity index (χ1) is 7.29. The van der Waals surface area contributed by atoms with Crippen molar-refractivity contribution in [2.24, 2.45) is 9.98 Å². The monoisotopic (exact) mass is 201 g/mol. The Labute approximate surface area is 90.2 Å². The lowest BCUT2D eigenvalue weighted by molar-refractivity contribution is 0.630. The maximum atomic E-state index is 4.43. The molecule has 0 saturated heterocycles. The molecule has 0 aromatic rings. The molecule has 0 atom stereocenters. The topological polar surface area (TPSA) is 28.0 Å². The van der Waals surface area contributed by atoms with Crippen LogP contribution in [-0.4, -0.2) is 31.0 Å². The average Bonchev–Trinajstić information content (AvgIpc) is 2.45. The quantitative estimate of drug-likeness (QED) is 0.590. The van der Waals surface area contributed by atoms with E-state index in [1.54, 1.807) is 0 Å². The van der Waals surface area contributed by atoms with Gasteiger partial charge >= 0.3 is 0 Å². The van der Waals surface area contributed by atoms with Gasteiger partial charge in [-0.25, -0.2) is 4.99 Å². The molecule has 2 aliphatic heterocycles. The highest BCUT2D eigenvalue weighted by Crippen LogP contribution is 2.32. The molecule has 2 aliphatic rings. The Balaban J connectivity index is 2.54. The molecular weight excluding hydrogens is 186 g/mol. The molecule has 0 unspecified atom stereocenters. The molecule has 0 bridgehead atoms. The summed E-state index contributed by atoms with van der Waals surface area (Å²) in [4.78, 5) is 10.8. The standard InChI is InChI=1S/C12H15N3/c1-4-9-10-7-5-6-8-14-12(10)15(3)11(9)13-2/h4-6,8H,7H2,1-3H3/b9-4-,13-11?. The highest BCUT2D eigenvalue weighted by Gasteiger charge is 2.28. The Hall–Kier alpha value is -1.64. The predicted octanol–water partition coefficient (Wildman–Crippen LogP) is 2.15. The van der Waals surface area contributed by atoms with E-state index in [9.17, 15) is 0 Å². The summed E-state index contributed by atoms with van der Waals surface area (Å²) in [5.74, 6) is 2.03. The normalized spacial score (nSPS) is 25.4. The summed E-state index contributed by atoms with van der Waals surface area (Å²) in [6.07, 6.45) is 8.99. The summed E-state index contributed by atoms with van der Waals surface area (Å²) in [6.45, 7) is 2.04. The number of likely N-dealkylation sites (N-methyl/N-ethyl adjacent to an activating group) is 1. The number of hydrogen-bond acceptors (Lipinski definition) is 2. The fourth-order valence-corrected chi connectivity index (χ4v) is 2.04. The lowest BCUT2D eigenvalue weighted by Gasteiger charge is -2.13. The van der Waals surface area contributed by atoms with Gasteiger partial charge in [0.15, 0.2) is 0 Å². The van der Waals surface area contributed by atoms with Crippen molar-refractivity contribution in [1.82, 2.24) is 4.90 Å². The molecule has 0 aromatic heterocycles. The zero-order chi connectivity index (χ0) is 10.8. The fraction of sp³-hybridized carbons (Fsp3) is 0.333. The van der Waals surface area contributed by atoms with Crippen molar-refractivity contribution in [3.8, 4) is 0 Å². The van der Waals surface area contributed by atoms with Gasteiger partial charge in [-0.05, 0) is 19.4 Å². The number of allylic oxidation sites excluding steroid dienone is 3. The second kappa shape index (κ2) is 3.85. The number of rotatable bonds is 0. The summed E-state index contributed by atoms with van der Waals surface area (Å²) in [5.41, 5.74) is 2.48. The average molecular weight is 201 g/mol. The fourth-order valence-electron chi connectivity index (χ4n) is 2.04. The Morgan fingerprint density at radius 2 is 2.33 bits per heavy atom. The Kier molecular flexibility index (Phi) is 2.54. The largest absolute Gasteiger partial charge is 0.314 e. The van der Waals surface area contributed by atoms with Gasteiger partial charge in [-0.15, -0.1) is 0 Å². The third-order valence-corrected chi connectivity index (χ3v) is 2.71. The highest BCUT2D eigenvalue weighted by molar-refractivity contribution is 6.06. The molecule has 78 valence electrons. The van der Waals surface area contributed by atoms with E-state index >= 15 is 0 Å². The smallest absolute Gasteiger partial charge is 0.138 e. The first kappa shape index (κ1) is 9.90. The minimum atomic E-state index is 0.929. The number of nitrogens with zero attached hydrogens (tertiary/aromatic N) is 3. The van der Waals surface area contributed by atoms with Crippen molar-refractivity contribution in [1.29, 1.82) is 0 Å². The van der Waals surface area contributed by atoms with Crippen molar-refractivity contribution in [2.45, 2.75) is 13.3 Å². The van der Waals surface area contributed by atoms with Crippen LogP contribution in [-0.2, 0) is 0 Å². The van der Waals surface area contributed by atoms with Crippen LogP contribution in [0.15, 0.2) is 45.2 Å². The molecule has 3 heteroatoms. The van der Waals surface area contributed by atoms with Gasteiger partial charge in [0.25, 0.3) is 0 Å². The van der Waals surface area contributed by atoms with Crippen LogP contribution in [0.4, 0.5) is 0 Å². The zero-order valence-corrected chi connectivity index (χ0v) is 9.36. The van der Waals surface area contributed by atoms with E-state index in [2.05, 4.69) is 22.1 Å². The predicted molar refractivity (Wildman–Crippen MR) is 64.2 cm³/mol. The van der Waals surface area contributed by atoms with Gasteiger partial charge in [0, 0.05) is 31.5 Å².